The van der Waals surface area contributed by atoms with Crippen molar-refractivity contribution in [3.05, 3.63) is 0 Å². The summed E-state index contributed by atoms with van der Waals surface area (Å²) in [6, 6.07) is 0. The second-order valence-electron chi connectivity index (χ2n) is 4.99. The van der Waals surface area contributed by atoms with Crippen LogP contribution in [0.5, 0.6) is 0 Å². The Morgan fingerprint density at radius 2 is 2.00 bits per heavy atom. The van der Waals surface area contributed by atoms with Crippen LogP contribution >= 0.6 is 0 Å². The molecule has 0 aromatic carbocycles. The Hall–Kier alpha value is -0.650. The van der Waals surface area contributed by atoms with E-state index in [9.17, 15) is 4.79 Å². The fourth-order valence-corrected chi connectivity index (χ4v) is 1.96. The molecule has 5 nitrogen and oxygen atoms in total. The van der Waals surface area contributed by atoms with Crippen LogP contribution in [-0.4, -0.2) is 53.4 Å². The smallest absolute Gasteiger partial charge is 0.323 e. The molecule has 0 aromatic heterocycles. The highest BCUT2D eigenvalue weighted by molar-refractivity contribution is 5.77. The van der Waals surface area contributed by atoms with E-state index in [1.165, 1.54) is 0 Å². The normalized spacial score (nSPS) is 31.0. The van der Waals surface area contributed by atoms with Gasteiger partial charge in [0.2, 0.25) is 0 Å². The lowest BCUT2D eigenvalue weighted by molar-refractivity contribution is -0.143. The lowest BCUT2D eigenvalue weighted by atomic mass is 9.99. The molecule has 16 heavy (non-hydrogen) atoms. The van der Waals surface area contributed by atoms with Crippen LogP contribution < -0.4 is 5.73 Å². The Morgan fingerprint density at radius 1 is 1.50 bits per heavy atom. The topological polar surface area (TPSA) is 75.8 Å². The number of ether oxygens (including phenoxy) is 1. The van der Waals surface area contributed by atoms with Crippen molar-refractivity contribution in [2.75, 3.05) is 19.6 Å². The quantitative estimate of drug-likeness (QED) is 0.726. The number of carbonyl (C=O) groups is 1. The van der Waals surface area contributed by atoms with Gasteiger partial charge in [-0.05, 0) is 27.2 Å². The van der Waals surface area contributed by atoms with Crippen LogP contribution in [0.4, 0.5) is 0 Å². The SMILES string of the molecule is CC1CN(CCC(C)(N)C(=O)O)CC(C)O1. The lowest BCUT2D eigenvalue weighted by Crippen LogP contribution is -2.51. The number of nitrogens with zero attached hydrogens (tertiary/aromatic N) is 1. The molecule has 0 aromatic rings. The number of nitrogens with two attached hydrogens (primary N) is 1. The molecule has 3 N–H and O–H groups in total. The van der Waals surface area contributed by atoms with Gasteiger partial charge in [-0.3, -0.25) is 9.69 Å². The Kier molecular flexibility index (Phi) is 4.29. The molecule has 3 unspecified atom stereocenters. The minimum atomic E-state index is -1.13. The van der Waals surface area contributed by atoms with E-state index in [1.807, 2.05) is 13.8 Å². The van der Waals surface area contributed by atoms with Crippen molar-refractivity contribution in [2.45, 2.75) is 44.9 Å². The molecule has 0 amide bonds. The zero-order valence-corrected chi connectivity index (χ0v) is 10.3. The molecule has 1 saturated heterocycles. The third-order valence-corrected chi connectivity index (χ3v) is 2.93. The van der Waals surface area contributed by atoms with Crippen LogP contribution in [-0.2, 0) is 9.53 Å². The van der Waals surface area contributed by atoms with Crippen molar-refractivity contribution in [3.8, 4) is 0 Å². The molecule has 1 fully saturated rings. The summed E-state index contributed by atoms with van der Waals surface area (Å²) in [5, 5.41) is 8.91. The van der Waals surface area contributed by atoms with Gasteiger partial charge < -0.3 is 15.6 Å². The minimum Gasteiger partial charge on any atom is -0.480 e. The highest BCUT2D eigenvalue weighted by atomic mass is 16.5. The molecule has 94 valence electrons. The Morgan fingerprint density at radius 3 is 2.44 bits per heavy atom. The van der Waals surface area contributed by atoms with Crippen molar-refractivity contribution in [1.29, 1.82) is 0 Å². The molecule has 0 radical (unpaired) electrons. The van der Waals surface area contributed by atoms with Crippen molar-refractivity contribution >= 4 is 5.97 Å². The first-order valence-corrected chi connectivity index (χ1v) is 5.71. The van der Waals surface area contributed by atoms with E-state index in [0.29, 0.717) is 13.0 Å². The molecular weight excluding hydrogens is 208 g/mol. The summed E-state index contributed by atoms with van der Waals surface area (Å²) in [4.78, 5) is 13.1. The average Bonchev–Trinajstić information content (AvgIpc) is 2.13. The van der Waals surface area contributed by atoms with Gasteiger partial charge in [0.15, 0.2) is 0 Å². The number of carboxylic acid groups (broad SMARTS) is 1. The highest BCUT2D eigenvalue weighted by Crippen LogP contribution is 2.13. The lowest BCUT2D eigenvalue weighted by Gasteiger charge is -2.36. The highest BCUT2D eigenvalue weighted by Gasteiger charge is 2.30. The van der Waals surface area contributed by atoms with Crippen molar-refractivity contribution in [2.24, 2.45) is 5.73 Å². The molecule has 0 aliphatic carbocycles. The first-order chi connectivity index (χ1) is 7.31. The molecular formula is C11H22N2O3. The standard InChI is InChI=1S/C11H22N2O3/c1-8-6-13(7-9(2)16-8)5-4-11(3,12)10(14)15/h8-9H,4-7,12H2,1-3H3,(H,14,15). The van der Waals surface area contributed by atoms with E-state index in [1.54, 1.807) is 6.92 Å². The summed E-state index contributed by atoms with van der Waals surface area (Å²) in [5.41, 5.74) is 4.55. The molecule has 1 rings (SSSR count). The van der Waals surface area contributed by atoms with E-state index in [-0.39, 0.29) is 12.2 Å². The third-order valence-electron chi connectivity index (χ3n) is 2.93. The molecule has 5 heteroatoms. The Bertz CT molecular complexity index is 246. The summed E-state index contributed by atoms with van der Waals surface area (Å²) in [7, 11) is 0. The molecule has 1 aliphatic heterocycles. The van der Waals surface area contributed by atoms with E-state index < -0.39 is 11.5 Å². The molecule has 3 atom stereocenters. The minimum absolute atomic E-state index is 0.206. The fourth-order valence-electron chi connectivity index (χ4n) is 1.96. The molecule has 0 spiro atoms. The van der Waals surface area contributed by atoms with E-state index in [0.717, 1.165) is 13.1 Å². The molecule has 0 saturated carbocycles. The third kappa shape index (κ3) is 3.73. The van der Waals surface area contributed by atoms with E-state index in [4.69, 9.17) is 15.6 Å². The van der Waals surface area contributed by atoms with E-state index in [2.05, 4.69) is 4.90 Å². The number of hydrogen-bond acceptors (Lipinski definition) is 4. The van der Waals surface area contributed by atoms with Crippen molar-refractivity contribution in [3.63, 3.8) is 0 Å². The summed E-state index contributed by atoms with van der Waals surface area (Å²) in [5.74, 6) is -0.943. The predicted octanol–water partition coefficient (Wildman–Crippen LogP) is 0.288. The van der Waals surface area contributed by atoms with Crippen LogP contribution in [0, 0.1) is 0 Å². The number of hydrogen-bond donors (Lipinski definition) is 2. The number of carboxylic acids is 1. The maximum Gasteiger partial charge on any atom is 0.323 e. The van der Waals surface area contributed by atoms with Gasteiger partial charge in [-0.1, -0.05) is 0 Å². The van der Waals surface area contributed by atoms with Gasteiger partial charge in [-0.2, -0.15) is 0 Å². The first kappa shape index (κ1) is 13.4. The molecule has 0 bridgehead atoms. The van der Waals surface area contributed by atoms with E-state index >= 15 is 0 Å². The summed E-state index contributed by atoms with van der Waals surface area (Å²) in [6.07, 6.45) is 0.872. The second kappa shape index (κ2) is 5.12. The maximum atomic E-state index is 10.9. The average molecular weight is 230 g/mol. The van der Waals surface area contributed by atoms with Gasteiger partial charge in [-0.15, -0.1) is 0 Å². The second-order valence-corrected chi connectivity index (χ2v) is 4.99. The number of aliphatic carboxylic acids is 1. The number of rotatable bonds is 4. The summed E-state index contributed by atoms with van der Waals surface area (Å²) in [6.45, 7) is 8.02. The van der Waals surface area contributed by atoms with Crippen LogP contribution in [0.1, 0.15) is 27.2 Å². The largest absolute Gasteiger partial charge is 0.480 e. The first-order valence-electron chi connectivity index (χ1n) is 5.71. The molecule has 1 heterocycles. The zero-order chi connectivity index (χ0) is 12.3. The van der Waals surface area contributed by atoms with Gasteiger partial charge in [0, 0.05) is 19.6 Å². The van der Waals surface area contributed by atoms with Crippen LogP contribution in [0.15, 0.2) is 0 Å². The van der Waals surface area contributed by atoms with Crippen molar-refractivity contribution < 1.29 is 14.6 Å². The van der Waals surface area contributed by atoms with Crippen LogP contribution in [0.3, 0.4) is 0 Å². The Labute approximate surface area is 96.6 Å². The van der Waals surface area contributed by atoms with Gasteiger partial charge in [0.25, 0.3) is 0 Å². The maximum absolute atomic E-state index is 10.9. The summed E-state index contributed by atoms with van der Waals surface area (Å²) < 4.78 is 5.61. The number of morpholine rings is 1. The van der Waals surface area contributed by atoms with Gasteiger partial charge in [-0.25, -0.2) is 0 Å². The van der Waals surface area contributed by atoms with Gasteiger partial charge >= 0.3 is 5.97 Å². The Balaban J connectivity index is 2.40. The molecule has 1 aliphatic rings. The monoisotopic (exact) mass is 230 g/mol. The summed E-state index contributed by atoms with van der Waals surface area (Å²) >= 11 is 0. The fraction of sp³-hybridized carbons (Fsp3) is 0.909. The van der Waals surface area contributed by atoms with Crippen LogP contribution in [0.25, 0.3) is 0 Å². The van der Waals surface area contributed by atoms with Gasteiger partial charge in [0.1, 0.15) is 5.54 Å². The van der Waals surface area contributed by atoms with Gasteiger partial charge in [0.05, 0.1) is 12.2 Å². The van der Waals surface area contributed by atoms with Crippen molar-refractivity contribution in [1.82, 2.24) is 4.90 Å². The zero-order valence-electron chi connectivity index (χ0n) is 10.3. The van der Waals surface area contributed by atoms with Crippen LogP contribution in [0.2, 0.25) is 0 Å². The predicted molar refractivity (Wildman–Crippen MR) is 61.3 cm³/mol.